The fourth-order valence-corrected chi connectivity index (χ4v) is 3.95. The van der Waals surface area contributed by atoms with Crippen molar-refractivity contribution in [2.75, 3.05) is 25.0 Å². The molecule has 1 saturated heterocycles. The van der Waals surface area contributed by atoms with Crippen LogP contribution in [0.3, 0.4) is 0 Å². The predicted octanol–water partition coefficient (Wildman–Crippen LogP) is 3.33. The molecule has 1 aliphatic rings. The van der Waals surface area contributed by atoms with Crippen molar-refractivity contribution in [1.82, 2.24) is 10.2 Å². The van der Waals surface area contributed by atoms with Gasteiger partial charge in [0.2, 0.25) is 11.8 Å². The molecule has 1 aromatic carbocycles. The minimum atomic E-state index is -0.00106. The van der Waals surface area contributed by atoms with Gasteiger partial charge in [-0.2, -0.15) is 0 Å². The standard InChI is InChI=1S/C21H27N3O2S/c1-15-5-6-18(12-16(15)2)23-20(25)14-24-9-7-17(8-10-24)21(26)22-13-19-4-3-11-27-19/h3-6,11-12,17H,7-10,13-14H2,1-2H3,(H,22,26)(H,23,25). The van der Waals surface area contributed by atoms with Crippen LogP contribution in [0.5, 0.6) is 0 Å². The first-order chi connectivity index (χ1) is 13.0. The Morgan fingerprint density at radius 1 is 1.15 bits per heavy atom. The molecule has 1 fully saturated rings. The number of rotatable bonds is 6. The van der Waals surface area contributed by atoms with E-state index in [2.05, 4.69) is 22.5 Å². The highest BCUT2D eigenvalue weighted by Crippen LogP contribution is 2.19. The number of carbonyl (C=O) groups is 2. The molecule has 0 atom stereocenters. The number of benzene rings is 1. The van der Waals surface area contributed by atoms with Crippen molar-refractivity contribution in [3.05, 3.63) is 51.7 Å². The van der Waals surface area contributed by atoms with Crippen molar-refractivity contribution < 1.29 is 9.59 Å². The minimum Gasteiger partial charge on any atom is -0.351 e. The van der Waals surface area contributed by atoms with Crippen molar-refractivity contribution in [2.24, 2.45) is 5.92 Å². The van der Waals surface area contributed by atoms with Crippen LogP contribution in [0.25, 0.3) is 0 Å². The topological polar surface area (TPSA) is 61.4 Å². The number of piperidine rings is 1. The largest absolute Gasteiger partial charge is 0.351 e. The SMILES string of the molecule is Cc1ccc(NC(=O)CN2CCC(C(=O)NCc3cccs3)CC2)cc1C. The lowest BCUT2D eigenvalue weighted by atomic mass is 9.96. The van der Waals surface area contributed by atoms with Crippen LogP contribution in [-0.2, 0) is 16.1 Å². The van der Waals surface area contributed by atoms with Gasteiger partial charge in [0.1, 0.15) is 0 Å². The van der Waals surface area contributed by atoms with Gasteiger partial charge in [-0.15, -0.1) is 11.3 Å². The second-order valence-electron chi connectivity index (χ2n) is 7.19. The number of nitrogens with zero attached hydrogens (tertiary/aromatic N) is 1. The Bertz CT molecular complexity index is 781. The summed E-state index contributed by atoms with van der Waals surface area (Å²) < 4.78 is 0. The average Bonchev–Trinajstić information content (AvgIpc) is 3.17. The van der Waals surface area contributed by atoms with E-state index in [0.29, 0.717) is 13.1 Å². The molecule has 27 heavy (non-hydrogen) atoms. The third kappa shape index (κ3) is 5.65. The molecule has 1 aromatic heterocycles. The summed E-state index contributed by atoms with van der Waals surface area (Å²) in [5.74, 6) is 0.172. The van der Waals surface area contributed by atoms with Crippen LogP contribution < -0.4 is 10.6 Å². The lowest BCUT2D eigenvalue weighted by Gasteiger charge is -2.30. The molecule has 0 unspecified atom stereocenters. The third-order valence-corrected chi connectivity index (χ3v) is 6.01. The van der Waals surface area contributed by atoms with Crippen LogP contribution in [0, 0.1) is 19.8 Å². The monoisotopic (exact) mass is 385 g/mol. The molecule has 0 bridgehead atoms. The molecule has 0 radical (unpaired) electrons. The third-order valence-electron chi connectivity index (χ3n) is 5.13. The van der Waals surface area contributed by atoms with Gasteiger partial charge in [-0.1, -0.05) is 12.1 Å². The Labute approximate surface area is 164 Å². The zero-order chi connectivity index (χ0) is 19.2. The van der Waals surface area contributed by atoms with Gasteiger partial charge >= 0.3 is 0 Å². The van der Waals surface area contributed by atoms with Crippen molar-refractivity contribution >= 4 is 28.8 Å². The summed E-state index contributed by atoms with van der Waals surface area (Å²) >= 11 is 1.65. The zero-order valence-electron chi connectivity index (χ0n) is 16.0. The van der Waals surface area contributed by atoms with Crippen molar-refractivity contribution in [1.29, 1.82) is 0 Å². The van der Waals surface area contributed by atoms with E-state index in [0.717, 1.165) is 31.6 Å². The number of thiophene rings is 1. The van der Waals surface area contributed by atoms with E-state index < -0.39 is 0 Å². The second kappa shape index (κ2) is 9.15. The highest BCUT2D eigenvalue weighted by molar-refractivity contribution is 7.09. The second-order valence-corrected chi connectivity index (χ2v) is 8.23. The number of amides is 2. The minimum absolute atomic E-state index is 0.00106. The average molecular weight is 386 g/mol. The smallest absolute Gasteiger partial charge is 0.238 e. The summed E-state index contributed by atoms with van der Waals surface area (Å²) in [7, 11) is 0. The molecule has 2 aromatic rings. The molecule has 0 spiro atoms. The molecule has 2 amide bonds. The van der Waals surface area contributed by atoms with Crippen molar-refractivity contribution in [2.45, 2.75) is 33.2 Å². The Hall–Kier alpha value is -2.18. The van der Waals surface area contributed by atoms with Crippen LogP contribution in [0.15, 0.2) is 35.7 Å². The van der Waals surface area contributed by atoms with Gasteiger partial charge in [0, 0.05) is 16.5 Å². The highest BCUT2D eigenvalue weighted by atomic mass is 32.1. The summed E-state index contributed by atoms with van der Waals surface area (Å²) in [5, 5.41) is 8.01. The highest BCUT2D eigenvalue weighted by Gasteiger charge is 2.25. The molecule has 0 aliphatic carbocycles. The van der Waals surface area contributed by atoms with E-state index >= 15 is 0 Å². The summed E-state index contributed by atoms with van der Waals surface area (Å²) in [6, 6.07) is 9.97. The maximum Gasteiger partial charge on any atom is 0.238 e. The summed E-state index contributed by atoms with van der Waals surface area (Å²) in [6.45, 7) is 6.63. The molecule has 6 heteroatoms. The lowest BCUT2D eigenvalue weighted by molar-refractivity contribution is -0.126. The number of carbonyl (C=O) groups excluding carboxylic acids is 2. The van der Waals surface area contributed by atoms with E-state index in [9.17, 15) is 9.59 Å². The van der Waals surface area contributed by atoms with Crippen LogP contribution in [0.4, 0.5) is 5.69 Å². The molecule has 3 rings (SSSR count). The number of aryl methyl sites for hydroxylation is 2. The Morgan fingerprint density at radius 3 is 2.59 bits per heavy atom. The van der Waals surface area contributed by atoms with Gasteiger partial charge in [-0.05, 0) is 74.5 Å². The molecule has 5 nitrogen and oxygen atoms in total. The fourth-order valence-electron chi connectivity index (χ4n) is 3.31. The number of nitrogens with one attached hydrogen (secondary N) is 2. The van der Waals surface area contributed by atoms with E-state index in [4.69, 9.17) is 0 Å². The summed E-state index contributed by atoms with van der Waals surface area (Å²) in [4.78, 5) is 27.9. The molecule has 1 aliphatic heterocycles. The Morgan fingerprint density at radius 2 is 1.93 bits per heavy atom. The normalized spacial score (nSPS) is 15.5. The van der Waals surface area contributed by atoms with E-state index in [1.54, 1.807) is 11.3 Å². The number of likely N-dealkylation sites (tertiary alicyclic amines) is 1. The first-order valence-corrected chi connectivity index (χ1v) is 10.3. The van der Waals surface area contributed by atoms with Crippen LogP contribution in [0.1, 0.15) is 28.8 Å². The molecule has 144 valence electrons. The van der Waals surface area contributed by atoms with E-state index in [1.165, 1.54) is 16.0 Å². The van der Waals surface area contributed by atoms with Gasteiger partial charge in [0.15, 0.2) is 0 Å². The molecule has 2 heterocycles. The first kappa shape index (κ1) is 19.6. The van der Waals surface area contributed by atoms with Crippen LogP contribution in [-0.4, -0.2) is 36.3 Å². The lowest BCUT2D eigenvalue weighted by Crippen LogP contribution is -2.43. The van der Waals surface area contributed by atoms with E-state index in [1.807, 2.05) is 42.6 Å². The van der Waals surface area contributed by atoms with Gasteiger partial charge < -0.3 is 10.6 Å². The van der Waals surface area contributed by atoms with E-state index in [-0.39, 0.29) is 17.7 Å². The summed E-state index contributed by atoms with van der Waals surface area (Å²) in [5.41, 5.74) is 3.22. The van der Waals surface area contributed by atoms with Gasteiger partial charge in [-0.25, -0.2) is 0 Å². The zero-order valence-corrected chi connectivity index (χ0v) is 16.8. The molecular formula is C21H27N3O2S. The predicted molar refractivity (Wildman–Crippen MR) is 110 cm³/mol. The van der Waals surface area contributed by atoms with Crippen LogP contribution in [0.2, 0.25) is 0 Å². The van der Waals surface area contributed by atoms with Gasteiger partial charge in [-0.3, -0.25) is 14.5 Å². The van der Waals surface area contributed by atoms with Crippen molar-refractivity contribution in [3.8, 4) is 0 Å². The summed E-state index contributed by atoms with van der Waals surface area (Å²) in [6.07, 6.45) is 1.60. The molecular weight excluding hydrogens is 358 g/mol. The molecule has 0 saturated carbocycles. The number of hydrogen-bond donors (Lipinski definition) is 2. The maximum absolute atomic E-state index is 12.3. The number of anilines is 1. The fraction of sp³-hybridized carbons (Fsp3) is 0.429. The first-order valence-electron chi connectivity index (χ1n) is 9.41. The maximum atomic E-state index is 12.3. The Kier molecular flexibility index (Phi) is 6.63. The quantitative estimate of drug-likeness (QED) is 0.802. The number of hydrogen-bond acceptors (Lipinski definition) is 4. The molecule has 2 N–H and O–H groups in total. The Balaban J connectivity index is 1.40. The van der Waals surface area contributed by atoms with Crippen molar-refractivity contribution in [3.63, 3.8) is 0 Å². The van der Waals surface area contributed by atoms with Gasteiger partial charge in [0.25, 0.3) is 0 Å². The van der Waals surface area contributed by atoms with Gasteiger partial charge in [0.05, 0.1) is 13.1 Å². The van der Waals surface area contributed by atoms with Crippen LogP contribution >= 0.6 is 11.3 Å².